The molecule has 10 heteroatoms. The first-order chi connectivity index (χ1) is 16.3. The quantitative estimate of drug-likeness (QED) is 0.340. The highest BCUT2D eigenvalue weighted by atomic mass is 16.6. The molecule has 3 aromatic rings. The zero-order chi connectivity index (χ0) is 24.7. The van der Waals surface area contributed by atoms with E-state index in [0.717, 1.165) is 5.69 Å². The molecule has 0 spiro atoms. The Morgan fingerprint density at radius 3 is 2.35 bits per heavy atom. The molecule has 10 nitrogen and oxygen atoms in total. The normalized spacial score (nSPS) is 11.1. The van der Waals surface area contributed by atoms with Gasteiger partial charge in [0.15, 0.2) is 0 Å². The molecule has 1 atom stereocenters. The number of urea groups is 1. The number of nitro groups is 1. The number of hydrogen-bond acceptors (Lipinski definition) is 6. The van der Waals surface area contributed by atoms with E-state index in [0.29, 0.717) is 11.3 Å². The van der Waals surface area contributed by atoms with Crippen LogP contribution < -0.4 is 25.6 Å². The fourth-order valence-corrected chi connectivity index (χ4v) is 3.22. The lowest BCUT2D eigenvalue weighted by Gasteiger charge is -2.20. The Labute approximate surface area is 196 Å². The van der Waals surface area contributed by atoms with Gasteiger partial charge in [0.2, 0.25) is 0 Å². The molecule has 0 aliphatic rings. The minimum Gasteiger partial charge on any atom is -0.495 e. The van der Waals surface area contributed by atoms with E-state index in [9.17, 15) is 19.7 Å². The first-order valence-corrected chi connectivity index (χ1v) is 10.3. The monoisotopic (exact) mass is 463 g/mol. The molecular formula is C24H25N5O5. The number of ether oxygens (including phenoxy) is 1. The number of rotatable bonds is 8. The molecule has 3 amide bonds. The topological polar surface area (TPSA) is 126 Å². The number of benzene rings is 3. The number of hydrogen-bond donors (Lipinski definition) is 3. The van der Waals surface area contributed by atoms with Crippen LogP contribution in [-0.2, 0) is 4.79 Å². The molecular weight excluding hydrogens is 438 g/mol. The molecule has 3 aromatic carbocycles. The van der Waals surface area contributed by atoms with Crippen LogP contribution in [0.3, 0.4) is 0 Å². The number of anilines is 3. The summed E-state index contributed by atoms with van der Waals surface area (Å²) in [6.45, 7) is 0. The summed E-state index contributed by atoms with van der Waals surface area (Å²) >= 11 is 0. The number of nitro benzene ring substituents is 1. The van der Waals surface area contributed by atoms with E-state index in [1.54, 1.807) is 36.4 Å². The van der Waals surface area contributed by atoms with Gasteiger partial charge in [-0.1, -0.05) is 36.4 Å². The van der Waals surface area contributed by atoms with Crippen LogP contribution in [0.2, 0.25) is 0 Å². The molecule has 0 aromatic heterocycles. The van der Waals surface area contributed by atoms with Crippen molar-refractivity contribution in [2.75, 3.05) is 36.7 Å². The Balaban J connectivity index is 1.83. The largest absolute Gasteiger partial charge is 0.495 e. The van der Waals surface area contributed by atoms with Gasteiger partial charge in [-0.05, 0) is 29.8 Å². The number of amides is 3. The summed E-state index contributed by atoms with van der Waals surface area (Å²) in [5.74, 6) is -0.217. The van der Waals surface area contributed by atoms with E-state index in [1.165, 1.54) is 25.3 Å². The van der Waals surface area contributed by atoms with Crippen molar-refractivity contribution in [1.82, 2.24) is 5.32 Å². The van der Waals surface area contributed by atoms with E-state index >= 15 is 0 Å². The highest BCUT2D eigenvalue weighted by Crippen LogP contribution is 2.29. The summed E-state index contributed by atoms with van der Waals surface area (Å²) < 4.78 is 5.18. The van der Waals surface area contributed by atoms with Gasteiger partial charge in [-0.25, -0.2) is 4.79 Å². The number of non-ortho nitro benzene ring substituents is 1. The molecule has 176 valence electrons. The van der Waals surface area contributed by atoms with Gasteiger partial charge in [-0.15, -0.1) is 0 Å². The second-order valence-corrected chi connectivity index (χ2v) is 7.52. The molecule has 3 N–H and O–H groups in total. The van der Waals surface area contributed by atoms with E-state index in [2.05, 4.69) is 16.0 Å². The Kier molecular flexibility index (Phi) is 7.65. The van der Waals surface area contributed by atoms with Gasteiger partial charge in [0.25, 0.3) is 11.6 Å². The number of nitrogens with one attached hydrogen (secondary N) is 3. The molecule has 0 saturated heterocycles. The van der Waals surface area contributed by atoms with E-state index in [-0.39, 0.29) is 17.1 Å². The van der Waals surface area contributed by atoms with Gasteiger partial charge in [0.05, 0.1) is 17.7 Å². The maximum absolute atomic E-state index is 13.2. The molecule has 0 heterocycles. The van der Waals surface area contributed by atoms with Gasteiger partial charge in [-0.3, -0.25) is 14.9 Å². The van der Waals surface area contributed by atoms with E-state index in [1.807, 2.05) is 37.2 Å². The molecule has 0 saturated carbocycles. The minimum absolute atomic E-state index is 0.0973. The lowest BCUT2D eigenvalue weighted by Crippen LogP contribution is -2.39. The van der Waals surface area contributed by atoms with Crippen LogP contribution in [0.25, 0.3) is 0 Å². The maximum Gasteiger partial charge on any atom is 0.320 e. The summed E-state index contributed by atoms with van der Waals surface area (Å²) in [5.41, 5.74) is 1.91. The summed E-state index contributed by atoms with van der Waals surface area (Å²) in [6.07, 6.45) is 0. The van der Waals surface area contributed by atoms with Crippen LogP contribution in [0.1, 0.15) is 11.6 Å². The molecule has 3 rings (SSSR count). The molecule has 0 fully saturated rings. The predicted octanol–water partition coefficient (Wildman–Crippen LogP) is 4.17. The summed E-state index contributed by atoms with van der Waals surface area (Å²) in [5, 5.41) is 19.1. The summed E-state index contributed by atoms with van der Waals surface area (Å²) in [6, 6.07) is 18.1. The van der Waals surface area contributed by atoms with Crippen molar-refractivity contribution in [3.63, 3.8) is 0 Å². The van der Waals surface area contributed by atoms with E-state index < -0.39 is 22.9 Å². The van der Waals surface area contributed by atoms with Crippen LogP contribution >= 0.6 is 0 Å². The predicted molar refractivity (Wildman–Crippen MR) is 130 cm³/mol. The standard InChI is InChI=1S/C24H25N5O5/c1-28(2)18-11-7-10-17(14-18)25-23(30)22(16-8-5-4-6-9-16)27-24(31)26-20-15-19(29(32)33)12-13-21(20)34-3/h4-15,22H,1-3H3,(H,25,30)(H2,26,27,31). The molecule has 1 unspecified atom stereocenters. The van der Waals surface area contributed by atoms with Gasteiger partial charge in [-0.2, -0.15) is 0 Å². The molecule has 0 radical (unpaired) electrons. The third-order valence-corrected chi connectivity index (χ3v) is 4.94. The second-order valence-electron chi connectivity index (χ2n) is 7.52. The third-order valence-electron chi connectivity index (χ3n) is 4.94. The zero-order valence-electron chi connectivity index (χ0n) is 18.9. The van der Waals surface area contributed by atoms with Crippen molar-refractivity contribution >= 4 is 34.7 Å². The summed E-state index contributed by atoms with van der Waals surface area (Å²) in [4.78, 5) is 38.4. The minimum atomic E-state index is -1.03. The average molecular weight is 463 g/mol. The fourth-order valence-electron chi connectivity index (χ4n) is 3.22. The van der Waals surface area contributed by atoms with Crippen molar-refractivity contribution < 1.29 is 19.2 Å². The molecule has 0 aliphatic heterocycles. The highest BCUT2D eigenvalue weighted by molar-refractivity contribution is 6.00. The third kappa shape index (κ3) is 6.00. The lowest BCUT2D eigenvalue weighted by atomic mass is 10.1. The maximum atomic E-state index is 13.2. The van der Waals surface area contributed by atoms with Crippen molar-refractivity contribution in [3.05, 3.63) is 88.5 Å². The number of carbonyl (C=O) groups excluding carboxylic acids is 2. The lowest BCUT2D eigenvalue weighted by molar-refractivity contribution is -0.384. The number of nitrogens with zero attached hydrogens (tertiary/aromatic N) is 2. The molecule has 34 heavy (non-hydrogen) atoms. The molecule has 0 aliphatic carbocycles. The van der Waals surface area contributed by atoms with Gasteiger partial charge < -0.3 is 25.6 Å². The average Bonchev–Trinajstić information content (AvgIpc) is 2.83. The van der Waals surface area contributed by atoms with E-state index in [4.69, 9.17) is 4.74 Å². The van der Waals surface area contributed by atoms with Crippen LogP contribution in [0.5, 0.6) is 5.75 Å². The summed E-state index contributed by atoms with van der Waals surface area (Å²) in [7, 11) is 5.16. The Morgan fingerprint density at radius 1 is 0.971 bits per heavy atom. The van der Waals surface area contributed by atoms with Crippen LogP contribution in [0.15, 0.2) is 72.8 Å². The Morgan fingerprint density at radius 2 is 1.71 bits per heavy atom. The van der Waals surface area contributed by atoms with Crippen molar-refractivity contribution in [2.24, 2.45) is 0 Å². The Bertz CT molecular complexity index is 1180. The number of carbonyl (C=O) groups is 2. The van der Waals surface area contributed by atoms with Crippen LogP contribution in [-0.4, -0.2) is 38.1 Å². The van der Waals surface area contributed by atoms with Gasteiger partial charge >= 0.3 is 6.03 Å². The second kappa shape index (κ2) is 10.8. The Hall–Kier alpha value is -4.60. The zero-order valence-corrected chi connectivity index (χ0v) is 18.9. The van der Waals surface area contributed by atoms with Crippen LogP contribution in [0.4, 0.5) is 27.5 Å². The van der Waals surface area contributed by atoms with Gasteiger partial charge in [0.1, 0.15) is 11.8 Å². The smallest absolute Gasteiger partial charge is 0.320 e. The van der Waals surface area contributed by atoms with Crippen molar-refractivity contribution in [1.29, 1.82) is 0 Å². The SMILES string of the molecule is COc1ccc([N+](=O)[O-])cc1NC(=O)NC(C(=O)Nc1cccc(N(C)C)c1)c1ccccc1. The van der Waals surface area contributed by atoms with Crippen LogP contribution in [0, 0.1) is 10.1 Å². The first kappa shape index (κ1) is 24.1. The highest BCUT2D eigenvalue weighted by Gasteiger charge is 2.24. The van der Waals surface area contributed by atoms with Crippen molar-refractivity contribution in [2.45, 2.75) is 6.04 Å². The fraction of sp³-hybridized carbons (Fsp3) is 0.167. The van der Waals surface area contributed by atoms with Gasteiger partial charge in [0, 0.05) is 37.6 Å². The molecule has 0 bridgehead atoms. The first-order valence-electron chi connectivity index (χ1n) is 10.3. The number of methoxy groups -OCH3 is 1. The van der Waals surface area contributed by atoms with Crippen molar-refractivity contribution in [3.8, 4) is 5.75 Å².